The summed E-state index contributed by atoms with van der Waals surface area (Å²) in [7, 11) is 0. The summed E-state index contributed by atoms with van der Waals surface area (Å²) < 4.78 is 4.98. The molecular formula is C19H27N3O3. The van der Waals surface area contributed by atoms with Crippen molar-refractivity contribution < 1.29 is 14.3 Å². The van der Waals surface area contributed by atoms with Crippen molar-refractivity contribution in [1.82, 2.24) is 10.3 Å². The zero-order chi connectivity index (χ0) is 18.4. The maximum Gasteiger partial charge on any atom is 0.409 e. The van der Waals surface area contributed by atoms with E-state index in [4.69, 9.17) is 4.74 Å². The molecule has 2 amide bonds. The highest BCUT2D eigenvalue weighted by molar-refractivity contribution is 5.95. The third-order valence-corrected chi connectivity index (χ3v) is 4.20. The summed E-state index contributed by atoms with van der Waals surface area (Å²) in [5.74, 6) is -0.221. The number of benzene rings is 1. The molecule has 25 heavy (non-hydrogen) atoms. The van der Waals surface area contributed by atoms with Gasteiger partial charge in [-0.15, -0.1) is 0 Å². The molecule has 136 valence electrons. The molecule has 0 unspecified atom stereocenters. The molecule has 2 rings (SSSR count). The van der Waals surface area contributed by atoms with Gasteiger partial charge in [-0.1, -0.05) is 32.9 Å². The van der Waals surface area contributed by atoms with Crippen LogP contribution in [-0.2, 0) is 10.2 Å². The first-order chi connectivity index (χ1) is 11.8. The molecule has 1 heterocycles. The Morgan fingerprint density at radius 1 is 1.16 bits per heavy atom. The van der Waals surface area contributed by atoms with Gasteiger partial charge in [0.2, 0.25) is 0 Å². The molecule has 0 saturated carbocycles. The fourth-order valence-corrected chi connectivity index (χ4v) is 2.59. The van der Waals surface area contributed by atoms with Gasteiger partial charge >= 0.3 is 6.09 Å². The van der Waals surface area contributed by atoms with E-state index in [1.54, 1.807) is 11.8 Å². The van der Waals surface area contributed by atoms with E-state index in [-0.39, 0.29) is 17.4 Å². The number of carbonyl (C=O) groups excluding carboxylic acids is 2. The minimum Gasteiger partial charge on any atom is -0.450 e. The molecule has 0 radical (unpaired) electrons. The highest BCUT2D eigenvalue weighted by atomic mass is 16.6. The molecule has 1 aromatic rings. The van der Waals surface area contributed by atoms with E-state index in [1.165, 1.54) is 5.56 Å². The zero-order valence-corrected chi connectivity index (χ0v) is 15.5. The lowest BCUT2D eigenvalue weighted by Crippen LogP contribution is -2.39. The Morgan fingerprint density at radius 3 is 2.28 bits per heavy atom. The van der Waals surface area contributed by atoms with Gasteiger partial charge in [0, 0.05) is 37.2 Å². The molecule has 1 N–H and O–H groups in total. The molecule has 0 bridgehead atoms. The number of hydrogen-bond donors (Lipinski definition) is 1. The van der Waals surface area contributed by atoms with Crippen LogP contribution in [0.25, 0.3) is 0 Å². The third-order valence-electron chi connectivity index (χ3n) is 4.20. The molecule has 1 aliphatic heterocycles. The first-order valence-electron chi connectivity index (χ1n) is 8.69. The number of amides is 2. The van der Waals surface area contributed by atoms with Gasteiger partial charge < -0.3 is 9.64 Å². The lowest BCUT2D eigenvalue weighted by molar-refractivity contribution is 0.0951. The van der Waals surface area contributed by atoms with Crippen molar-refractivity contribution >= 4 is 17.7 Å². The lowest BCUT2D eigenvalue weighted by Gasteiger charge is -2.26. The van der Waals surface area contributed by atoms with E-state index in [9.17, 15) is 9.59 Å². The van der Waals surface area contributed by atoms with Crippen LogP contribution in [0, 0.1) is 0 Å². The molecule has 0 atom stereocenters. The van der Waals surface area contributed by atoms with E-state index in [0.717, 1.165) is 5.71 Å². The van der Waals surface area contributed by atoms with Crippen molar-refractivity contribution in [2.75, 3.05) is 19.7 Å². The van der Waals surface area contributed by atoms with Crippen molar-refractivity contribution in [1.29, 1.82) is 0 Å². The Labute approximate surface area is 149 Å². The topological polar surface area (TPSA) is 71.0 Å². The Bertz CT molecular complexity index is 635. The van der Waals surface area contributed by atoms with Crippen LogP contribution in [0.5, 0.6) is 0 Å². The molecular weight excluding hydrogens is 318 g/mol. The second-order valence-electron chi connectivity index (χ2n) is 7.13. The Kier molecular flexibility index (Phi) is 6.17. The van der Waals surface area contributed by atoms with Gasteiger partial charge in [0.05, 0.1) is 6.61 Å². The van der Waals surface area contributed by atoms with E-state index in [0.29, 0.717) is 38.1 Å². The van der Waals surface area contributed by atoms with E-state index in [2.05, 4.69) is 31.3 Å². The van der Waals surface area contributed by atoms with Gasteiger partial charge in [-0.05, 0) is 30.0 Å². The molecule has 1 fully saturated rings. The van der Waals surface area contributed by atoms with Crippen molar-refractivity contribution in [2.24, 2.45) is 5.10 Å². The number of hydrogen-bond acceptors (Lipinski definition) is 4. The summed E-state index contributed by atoms with van der Waals surface area (Å²) in [5, 5.41) is 4.21. The molecule has 1 saturated heterocycles. The van der Waals surface area contributed by atoms with E-state index < -0.39 is 0 Å². The molecule has 6 heteroatoms. The highest BCUT2D eigenvalue weighted by Crippen LogP contribution is 2.22. The predicted molar refractivity (Wildman–Crippen MR) is 97.9 cm³/mol. The second kappa shape index (κ2) is 8.14. The normalized spacial score (nSPS) is 14.9. The van der Waals surface area contributed by atoms with E-state index in [1.807, 2.05) is 24.3 Å². The van der Waals surface area contributed by atoms with Gasteiger partial charge in [0.1, 0.15) is 0 Å². The van der Waals surface area contributed by atoms with Crippen molar-refractivity contribution in [3.05, 3.63) is 35.4 Å². The molecule has 1 aliphatic rings. The Hall–Kier alpha value is -2.37. The SMILES string of the molecule is CCOC(=O)N1CCC(=NNC(=O)c2ccc(C(C)(C)C)cc2)CC1. The van der Waals surface area contributed by atoms with Crippen LogP contribution < -0.4 is 5.43 Å². The largest absolute Gasteiger partial charge is 0.450 e. The maximum atomic E-state index is 12.2. The van der Waals surface area contributed by atoms with Gasteiger partial charge in [-0.2, -0.15) is 5.10 Å². The first kappa shape index (κ1) is 19.0. The van der Waals surface area contributed by atoms with Crippen molar-refractivity contribution in [2.45, 2.75) is 46.0 Å². The van der Waals surface area contributed by atoms with Gasteiger partial charge in [-0.3, -0.25) is 4.79 Å². The van der Waals surface area contributed by atoms with Crippen molar-refractivity contribution in [3.8, 4) is 0 Å². The number of nitrogens with one attached hydrogen (secondary N) is 1. The molecule has 0 aliphatic carbocycles. The fraction of sp³-hybridized carbons (Fsp3) is 0.526. The van der Waals surface area contributed by atoms with Gasteiger partial charge in [0.25, 0.3) is 5.91 Å². The number of hydrazone groups is 1. The van der Waals surface area contributed by atoms with Crippen LogP contribution in [0.4, 0.5) is 4.79 Å². The van der Waals surface area contributed by atoms with Crippen LogP contribution in [0.15, 0.2) is 29.4 Å². The predicted octanol–water partition coefficient (Wildman–Crippen LogP) is 3.32. The number of likely N-dealkylation sites (tertiary alicyclic amines) is 1. The first-order valence-corrected chi connectivity index (χ1v) is 8.69. The number of carbonyl (C=O) groups is 2. The molecule has 0 spiro atoms. The molecule has 6 nitrogen and oxygen atoms in total. The minimum absolute atomic E-state index is 0.0577. The third kappa shape index (κ3) is 5.31. The Balaban J connectivity index is 1.88. The summed E-state index contributed by atoms with van der Waals surface area (Å²) in [4.78, 5) is 25.5. The average Bonchev–Trinajstić information content (AvgIpc) is 2.59. The summed E-state index contributed by atoms with van der Waals surface area (Å²) in [6.45, 7) is 9.70. The number of nitrogens with zero attached hydrogens (tertiary/aromatic N) is 2. The minimum atomic E-state index is -0.287. The van der Waals surface area contributed by atoms with Crippen LogP contribution in [0.3, 0.4) is 0 Å². The van der Waals surface area contributed by atoms with E-state index >= 15 is 0 Å². The lowest BCUT2D eigenvalue weighted by atomic mass is 9.87. The zero-order valence-electron chi connectivity index (χ0n) is 15.5. The number of ether oxygens (including phenoxy) is 1. The number of piperidine rings is 1. The highest BCUT2D eigenvalue weighted by Gasteiger charge is 2.21. The second-order valence-corrected chi connectivity index (χ2v) is 7.13. The summed E-state index contributed by atoms with van der Waals surface area (Å²) in [5.41, 5.74) is 5.32. The summed E-state index contributed by atoms with van der Waals surface area (Å²) in [6, 6.07) is 7.58. The van der Waals surface area contributed by atoms with Crippen LogP contribution in [0.2, 0.25) is 0 Å². The monoisotopic (exact) mass is 345 g/mol. The maximum absolute atomic E-state index is 12.2. The standard InChI is InChI=1S/C19H27N3O3/c1-5-25-18(24)22-12-10-16(11-13-22)20-21-17(23)14-6-8-15(9-7-14)19(2,3)4/h6-9H,5,10-13H2,1-4H3,(H,21,23). The fourth-order valence-electron chi connectivity index (χ4n) is 2.59. The quantitative estimate of drug-likeness (QED) is 0.854. The molecule has 0 aromatic heterocycles. The van der Waals surface area contributed by atoms with Crippen molar-refractivity contribution in [3.63, 3.8) is 0 Å². The number of rotatable bonds is 3. The molecule has 1 aromatic carbocycles. The smallest absolute Gasteiger partial charge is 0.409 e. The van der Waals surface area contributed by atoms with Gasteiger partial charge in [0.15, 0.2) is 0 Å². The van der Waals surface area contributed by atoms with Gasteiger partial charge in [-0.25, -0.2) is 10.2 Å². The van der Waals surface area contributed by atoms with Crippen LogP contribution in [-0.4, -0.2) is 42.3 Å². The summed E-state index contributed by atoms with van der Waals surface area (Å²) in [6.07, 6.45) is 0.994. The van der Waals surface area contributed by atoms with Crippen LogP contribution >= 0.6 is 0 Å². The summed E-state index contributed by atoms with van der Waals surface area (Å²) >= 11 is 0. The Morgan fingerprint density at radius 2 is 1.76 bits per heavy atom. The average molecular weight is 345 g/mol. The van der Waals surface area contributed by atoms with Crippen LogP contribution in [0.1, 0.15) is 56.5 Å².